The monoisotopic (exact) mass is 337 g/mol. The molecule has 0 aliphatic carbocycles. The van der Waals surface area contributed by atoms with E-state index < -0.39 is 0 Å². The van der Waals surface area contributed by atoms with Gasteiger partial charge in [0.15, 0.2) is 0 Å². The molecule has 0 aliphatic rings. The van der Waals surface area contributed by atoms with Crippen molar-refractivity contribution < 1.29 is 9.47 Å². The number of nitrogens with one attached hydrogen (secondary N) is 1. The highest BCUT2D eigenvalue weighted by Crippen LogP contribution is 2.26. The quantitative estimate of drug-likeness (QED) is 0.877. The number of benzene rings is 1. The summed E-state index contributed by atoms with van der Waals surface area (Å²) >= 11 is 3.33. The Labute approximate surface area is 126 Å². The zero-order valence-corrected chi connectivity index (χ0v) is 12.9. The predicted octanol–water partition coefficient (Wildman–Crippen LogP) is 3.06. The summed E-state index contributed by atoms with van der Waals surface area (Å²) in [6.07, 6.45) is 1.70. The van der Waals surface area contributed by atoms with Crippen molar-refractivity contribution in [2.75, 3.05) is 25.3 Å². The second kappa shape index (κ2) is 6.47. The summed E-state index contributed by atoms with van der Waals surface area (Å²) < 4.78 is 11.4. The number of methoxy groups -OCH3 is 2. The number of nitrogens with two attached hydrogens (primary N) is 1. The second-order valence-corrected chi connectivity index (χ2v) is 5.04. The lowest BCUT2D eigenvalue weighted by Gasteiger charge is -2.12. The molecule has 0 spiro atoms. The van der Waals surface area contributed by atoms with Crippen molar-refractivity contribution in [1.82, 2.24) is 4.98 Å². The lowest BCUT2D eigenvalue weighted by atomic mass is 10.2. The summed E-state index contributed by atoms with van der Waals surface area (Å²) in [5.74, 6) is 2.16. The summed E-state index contributed by atoms with van der Waals surface area (Å²) in [5, 5.41) is 3.19. The van der Waals surface area contributed by atoms with Crippen LogP contribution in [-0.2, 0) is 6.54 Å². The molecule has 5 nitrogen and oxygen atoms in total. The van der Waals surface area contributed by atoms with Gasteiger partial charge in [-0.25, -0.2) is 4.98 Å². The highest BCUT2D eigenvalue weighted by Gasteiger charge is 2.07. The summed E-state index contributed by atoms with van der Waals surface area (Å²) in [6, 6.07) is 7.48. The van der Waals surface area contributed by atoms with Crippen LogP contribution in [0.2, 0.25) is 0 Å². The molecule has 0 saturated heterocycles. The lowest BCUT2D eigenvalue weighted by molar-refractivity contribution is 0.391. The van der Waals surface area contributed by atoms with E-state index in [-0.39, 0.29) is 0 Å². The fraction of sp³-hybridized carbons (Fsp3) is 0.214. The van der Waals surface area contributed by atoms with Crippen molar-refractivity contribution in [3.8, 4) is 11.5 Å². The smallest absolute Gasteiger partial charge is 0.149 e. The summed E-state index contributed by atoms with van der Waals surface area (Å²) in [5.41, 5.74) is 7.48. The van der Waals surface area contributed by atoms with Gasteiger partial charge in [-0.15, -0.1) is 0 Å². The first-order chi connectivity index (χ1) is 9.63. The van der Waals surface area contributed by atoms with Crippen LogP contribution in [0.5, 0.6) is 11.5 Å². The average molecular weight is 338 g/mol. The van der Waals surface area contributed by atoms with Crippen molar-refractivity contribution >= 4 is 27.4 Å². The average Bonchev–Trinajstić information content (AvgIpc) is 2.46. The van der Waals surface area contributed by atoms with Gasteiger partial charge >= 0.3 is 0 Å². The van der Waals surface area contributed by atoms with Crippen LogP contribution < -0.4 is 20.5 Å². The third-order valence-corrected chi connectivity index (χ3v) is 3.26. The predicted molar refractivity (Wildman–Crippen MR) is 83.2 cm³/mol. The minimum absolute atomic E-state index is 0.562. The van der Waals surface area contributed by atoms with Gasteiger partial charge in [0.1, 0.15) is 17.3 Å². The third kappa shape index (κ3) is 3.33. The molecule has 1 aromatic heterocycles. The number of nitrogens with zero attached hydrogens (tertiary/aromatic N) is 1. The van der Waals surface area contributed by atoms with Gasteiger partial charge in [0.05, 0.1) is 19.9 Å². The zero-order chi connectivity index (χ0) is 14.5. The maximum Gasteiger partial charge on any atom is 0.149 e. The molecule has 0 aliphatic heterocycles. The molecule has 0 fully saturated rings. The van der Waals surface area contributed by atoms with Gasteiger partial charge in [0.25, 0.3) is 0 Å². The molecule has 1 heterocycles. The zero-order valence-electron chi connectivity index (χ0n) is 11.3. The molecule has 0 saturated carbocycles. The Kier molecular flexibility index (Phi) is 4.68. The number of aromatic nitrogens is 1. The topological polar surface area (TPSA) is 69.4 Å². The summed E-state index contributed by atoms with van der Waals surface area (Å²) in [6.45, 7) is 0.562. The second-order valence-electron chi connectivity index (χ2n) is 4.12. The number of anilines is 2. The normalized spacial score (nSPS) is 10.2. The first kappa shape index (κ1) is 14.5. The van der Waals surface area contributed by atoms with Crippen LogP contribution in [0.15, 0.2) is 34.9 Å². The molecular formula is C14H16BrN3O2. The molecule has 3 N–H and O–H groups in total. The Morgan fingerprint density at radius 3 is 2.70 bits per heavy atom. The molecule has 1 aromatic carbocycles. The van der Waals surface area contributed by atoms with Crippen molar-refractivity contribution in [3.05, 3.63) is 40.5 Å². The summed E-state index contributed by atoms with van der Waals surface area (Å²) in [7, 11) is 3.25. The van der Waals surface area contributed by atoms with Gasteiger partial charge < -0.3 is 20.5 Å². The number of pyridine rings is 1. The molecule has 6 heteroatoms. The van der Waals surface area contributed by atoms with Crippen molar-refractivity contribution in [2.24, 2.45) is 0 Å². The van der Waals surface area contributed by atoms with Gasteiger partial charge in [-0.1, -0.05) is 0 Å². The Balaban J connectivity index is 2.14. The lowest BCUT2D eigenvalue weighted by Crippen LogP contribution is -2.05. The number of rotatable bonds is 5. The van der Waals surface area contributed by atoms with E-state index in [1.165, 1.54) is 0 Å². The van der Waals surface area contributed by atoms with Gasteiger partial charge in [-0.3, -0.25) is 0 Å². The van der Waals surface area contributed by atoms with E-state index in [1.807, 2.05) is 18.2 Å². The number of hydrogen-bond donors (Lipinski definition) is 2. The molecule has 0 bridgehead atoms. The van der Waals surface area contributed by atoms with Gasteiger partial charge in [0.2, 0.25) is 0 Å². The first-order valence-electron chi connectivity index (χ1n) is 6.00. The maximum absolute atomic E-state index is 5.90. The maximum atomic E-state index is 5.90. The molecule has 106 valence electrons. The fourth-order valence-corrected chi connectivity index (χ4v) is 2.13. The Morgan fingerprint density at radius 1 is 1.25 bits per heavy atom. The van der Waals surface area contributed by atoms with E-state index in [9.17, 15) is 0 Å². The summed E-state index contributed by atoms with van der Waals surface area (Å²) in [4.78, 5) is 4.23. The van der Waals surface area contributed by atoms with Crippen LogP contribution in [0, 0.1) is 0 Å². The fourth-order valence-electron chi connectivity index (χ4n) is 1.78. The molecular weight excluding hydrogens is 322 g/mol. The number of nitrogen functional groups attached to an aromatic ring is 1. The SMILES string of the molecule is COc1ccc(CNc2ncc(Br)cc2N)c(OC)c1. The Bertz CT molecular complexity index is 605. The third-order valence-electron chi connectivity index (χ3n) is 2.82. The van der Waals surface area contributed by atoms with E-state index in [0.29, 0.717) is 18.1 Å². The number of hydrogen-bond acceptors (Lipinski definition) is 5. The van der Waals surface area contributed by atoms with Crippen LogP contribution in [0.1, 0.15) is 5.56 Å². The van der Waals surface area contributed by atoms with E-state index in [0.717, 1.165) is 21.5 Å². The van der Waals surface area contributed by atoms with Crippen LogP contribution in [0.25, 0.3) is 0 Å². The minimum atomic E-state index is 0.562. The van der Waals surface area contributed by atoms with Gasteiger partial charge in [-0.05, 0) is 34.1 Å². The van der Waals surface area contributed by atoms with Crippen molar-refractivity contribution in [3.63, 3.8) is 0 Å². The molecule has 2 aromatic rings. The van der Waals surface area contributed by atoms with Crippen molar-refractivity contribution in [2.45, 2.75) is 6.54 Å². The van der Waals surface area contributed by atoms with E-state index in [4.69, 9.17) is 15.2 Å². The van der Waals surface area contributed by atoms with Crippen LogP contribution in [0.3, 0.4) is 0 Å². The van der Waals surface area contributed by atoms with Gasteiger partial charge in [0, 0.05) is 28.8 Å². The van der Waals surface area contributed by atoms with Crippen molar-refractivity contribution in [1.29, 1.82) is 0 Å². The van der Waals surface area contributed by atoms with Crippen LogP contribution in [-0.4, -0.2) is 19.2 Å². The highest BCUT2D eigenvalue weighted by molar-refractivity contribution is 9.10. The number of halogens is 1. The Hall–Kier alpha value is -1.95. The standard InChI is InChI=1S/C14H16BrN3O2/c1-19-11-4-3-9(13(6-11)20-2)7-17-14-12(16)5-10(15)8-18-14/h3-6,8H,7,16H2,1-2H3,(H,17,18). The molecule has 0 amide bonds. The highest BCUT2D eigenvalue weighted by atomic mass is 79.9. The van der Waals surface area contributed by atoms with E-state index >= 15 is 0 Å². The molecule has 0 unspecified atom stereocenters. The molecule has 20 heavy (non-hydrogen) atoms. The van der Waals surface area contributed by atoms with Gasteiger partial charge in [-0.2, -0.15) is 0 Å². The molecule has 0 atom stereocenters. The van der Waals surface area contributed by atoms with E-state index in [2.05, 4.69) is 26.2 Å². The first-order valence-corrected chi connectivity index (χ1v) is 6.79. The Morgan fingerprint density at radius 2 is 2.05 bits per heavy atom. The molecule has 2 rings (SSSR count). The van der Waals surface area contributed by atoms with E-state index in [1.54, 1.807) is 26.5 Å². The number of ether oxygens (including phenoxy) is 2. The largest absolute Gasteiger partial charge is 0.497 e. The minimum Gasteiger partial charge on any atom is -0.497 e. The molecule has 0 radical (unpaired) electrons. The van der Waals surface area contributed by atoms with Crippen LogP contribution in [0.4, 0.5) is 11.5 Å². The van der Waals surface area contributed by atoms with Crippen LogP contribution >= 0.6 is 15.9 Å².